The summed E-state index contributed by atoms with van der Waals surface area (Å²) >= 11 is 1.45. The van der Waals surface area contributed by atoms with Crippen LogP contribution in [0.1, 0.15) is 46.1 Å². The van der Waals surface area contributed by atoms with Crippen molar-refractivity contribution in [1.29, 1.82) is 0 Å². The van der Waals surface area contributed by atoms with Crippen LogP contribution in [0.2, 0.25) is 0 Å². The summed E-state index contributed by atoms with van der Waals surface area (Å²) in [7, 11) is 0. The molecular weight excluding hydrogens is 454 g/mol. The Labute approximate surface area is 188 Å². The van der Waals surface area contributed by atoms with Gasteiger partial charge in [0.15, 0.2) is 5.65 Å². The number of H-pyrrole nitrogens is 1. The summed E-state index contributed by atoms with van der Waals surface area (Å²) in [4.78, 5) is 26.9. The van der Waals surface area contributed by atoms with Crippen molar-refractivity contribution >= 4 is 22.9 Å². The summed E-state index contributed by atoms with van der Waals surface area (Å²) in [5, 5.41) is 17.4. The molecule has 1 atom stereocenters. The van der Waals surface area contributed by atoms with Crippen LogP contribution >= 0.6 is 11.3 Å². The number of hydrogen-bond donors (Lipinski definition) is 2. The van der Waals surface area contributed by atoms with E-state index in [0.717, 1.165) is 15.8 Å². The molecule has 1 amide bonds. The standard InChI is InChI=1S/C19H16F2N10OS/c1-9-4-23-19(33-9)14-5-22-17-12(31-13(15(20)21)6-25-29-31)3-11(7-30(14)17)18(32)27-10(2)16-24-8-26-28-16/h3-8,10,15H,1-2H3,(H,27,32)(H,24,26,28)/t10-/m0/s1. The second-order valence-electron chi connectivity index (χ2n) is 7.16. The molecular formula is C19H16F2N10OS. The van der Waals surface area contributed by atoms with Gasteiger partial charge in [0.05, 0.1) is 24.0 Å². The first kappa shape index (κ1) is 20.8. The Bertz CT molecular complexity index is 1440. The van der Waals surface area contributed by atoms with E-state index < -0.39 is 24.1 Å². The monoisotopic (exact) mass is 470 g/mol. The Morgan fingerprint density at radius 1 is 1.21 bits per heavy atom. The van der Waals surface area contributed by atoms with Crippen molar-refractivity contribution in [1.82, 2.24) is 49.9 Å². The molecule has 0 aromatic carbocycles. The van der Waals surface area contributed by atoms with Crippen LogP contribution < -0.4 is 5.32 Å². The van der Waals surface area contributed by atoms with Crippen LogP contribution in [0.5, 0.6) is 0 Å². The predicted octanol–water partition coefficient (Wildman–Crippen LogP) is 2.89. The van der Waals surface area contributed by atoms with Crippen LogP contribution in [0.25, 0.3) is 22.0 Å². The van der Waals surface area contributed by atoms with Crippen LogP contribution in [0.15, 0.2) is 37.2 Å². The number of pyridine rings is 1. The molecule has 11 nitrogen and oxygen atoms in total. The molecule has 2 N–H and O–H groups in total. The molecule has 0 fully saturated rings. The number of carbonyl (C=O) groups excluding carboxylic acids is 1. The van der Waals surface area contributed by atoms with Crippen LogP contribution in [-0.2, 0) is 0 Å². The summed E-state index contributed by atoms with van der Waals surface area (Å²) in [6, 6.07) is 0.980. The molecule has 5 aromatic rings. The highest BCUT2D eigenvalue weighted by atomic mass is 32.1. The van der Waals surface area contributed by atoms with Crippen molar-refractivity contribution in [3.8, 4) is 16.4 Å². The summed E-state index contributed by atoms with van der Waals surface area (Å²) in [5.41, 5.74) is 0.902. The quantitative estimate of drug-likeness (QED) is 0.390. The van der Waals surface area contributed by atoms with Gasteiger partial charge in [0.2, 0.25) is 0 Å². The fourth-order valence-electron chi connectivity index (χ4n) is 3.33. The second kappa shape index (κ2) is 8.12. The van der Waals surface area contributed by atoms with Crippen molar-refractivity contribution in [3.05, 3.63) is 59.1 Å². The fourth-order valence-corrected chi connectivity index (χ4v) is 4.10. The minimum absolute atomic E-state index is 0.183. The number of rotatable bonds is 6. The topological polar surface area (TPSA) is 132 Å². The van der Waals surface area contributed by atoms with Gasteiger partial charge in [0.25, 0.3) is 12.3 Å². The number of thiazole rings is 1. The first-order valence-electron chi connectivity index (χ1n) is 9.71. The molecule has 0 aliphatic carbocycles. The number of nitrogens with zero attached hydrogens (tertiary/aromatic N) is 8. The first-order valence-corrected chi connectivity index (χ1v) is 10.5. The second-order valence-corrected chi connectivity index (χ2v) is 8.40. The lowest BCUT2D eigenvalue weighted by molar-refractivity contribution is 0.0938. The predicted molar refractivity (Wildman–Crippen MR) is 113 cm³/mol. The van der Waals surface area contributed by atoms with Gasteiger partial charge in [-0.3, -0.25) is 14.3 Å². The molecule has 0 saturated carbocycles. The Morgan fingerprint density at radius 2 is 2.06 bits per heavy atom. The van der Waals surface area contributed by atoms with Gasteiger partial charge in [0.1, 0.15) is 34.2 Å². The van der Waals surface area contributed by atoms with E-state index in [1.807, 2.05) is 6.92 Å². The zero-order chi connectivity index (χ0) is 23.1. The van der Waals surface area contributed by atoms with E-state index in [-0.39, 0.29) is 11.3 Å². The Balaban J connectivity index is 1.66. The first-order chi connectivity index (χ1) is 15.9. The van der Waals surface area contributed by atoms with Crippen LogP contribution in [-0.4, -0.2) is 50.5 Å². The molecule has 0 saturated heterocycles. The molecule has 0 unspecified atom stereocenters. The summed E-state index contributed by atoms with van der Waals surface area (Å²) in [6.07, 6.45) is 4.39. The highest BCUT2D eigenvalue weighted by Gasteiger charge is 2.23. The third-order valence-corrected chi connectivity index (χ3v) is 5.84. The summed E-state index contributed by atoms with van der Waals surface area (Å²) in [5.74, 6) is 0.0261. The number of fused-ring (bicyclic) bond motifs is 1. The van der Waals surface area contributed by atoms with E-state index in [2.05, 4.69) is 40.8 Å². The van der Waals surface area contributed by atoms with Gasteiger partial charge >= 0.3 is 0 Å². The lowest BCUT2D eigenvalue weighted by atomic mass is 10.2. The molecule has 0 bridgehead atoms. The van der Waals surface area contributed by atoms with E-state index in [1.54, 1.807) is 29.9 Å². The summed E-state index contributed by atoms with van der Waals surface area (Å²) < 4.78 is 29.8. The number of hydrogen-bond acceptors (Lipinski definition) is 8. The zero-order valence-electron chi connectivity index (χ0n) is 17.3. The van der Waals surface area contributed by atoms with Gasteiger partial charge in [-0.15, -0.1) is 16.4 Å². The van der Waals surface area contributed by atoms with Gasteiger partial charge in [-0.25, -0.2) is 28.4 Å². The van der Waals surface area contributed by atoms with Gasteiger partial charge in [-0.2, -0.15) is 5.10 Å². The molecule has 0 radical (unpaired) electrons. The Morgan fingerprint density at radius 3 is 2.76 bits per heavy atom. The largest absolute Gasteiger partial charge is 0.342 e. The molecule has 0 aliphatic heterocycles. The van der Waals surface area contributed by atoms with Gasteiger partial charge in [0, 0.05) is 17.3 Å². The number of aromatic amines is 1. The van der Waals surface area contributed by atoms with Crippen molar-refractivity contribution < 1.29 is 13.6 Å². The third kappa shape index (κ3) is 3.73. The molecule has 14 heteroatoms. The highest BCUT2D eigenvalue weighted by molar-refractivity contribution is 7.14. The van der Waals surface area contributed by atoms with E-state index >= 15 is 0 Å². The van der Waals surface area contributed by atoms with Crippen molar-refractivity contribution in [2.75, 3.05) is 0 Å². The molecule has 0 aliphatic rings. The number of aromatic nitrogens is 9. The van der Waals surface area contributed by atoms with Gasteiger partial charge in [-0.1, -0.05) is 5.21 Å². The van der Waals surface area contributed by atoms with E-state index in [1.165, 1.54) is 23.7 Å². The molecule has 5 rings (SSSR count). The highest BCUT2D eigenvalue weighted by Crippen LogP contribution is 2.30. The maximum absolute atomic E-state index is 13.6. The smallest absolute Gasteiger partial charge is 0.282 e. The average Bonchev–Trinajstić information content (AvgIpc) is 3.59. The number of carbonyl (C=O) groups is 1. The molecule has 168 valence electrons. The lowest BCUT2D eigenvalue weighted by Gasteiger charge is -2.14. The van der Waals surface area contributed by atoms with Crippen molar-refractivity contribution in [2.24, 2.45) is 0 Å². The Hall–Kier alpha value is -4.07. The SMILES string of the molecule is Cc1cnc(-c2cnc3c(-n4nncc4C(F)F)cc(C(=O)N[C@@H](C)c4ncn[nH]4)cn23)s1. The van der Waals surface area contributed by atoms with E-state index in [4.69, 9.17) is 0 Å². The average molecular weight is 470 g/mol. The number of aryl methyl sites for hydroxylation is 1. The van der Waals surface area contributed by atoms with Crippen LogP contribution in [0, 0.1) is 6.92 Å². The number of halogens is 2. The maximum atomic E-state index is 13.6. The Kier molecular flexibility index (Phi) is 5.12. The zero-order valence-corrected chi connectivity index (χ0v) is 18.1. The minimum atomic E-state index is -2.82. The lowest BCUT2D eigenvalue weighted by Crippen LogP contribution is -2.28. The molecule has 33 heavy (non-hydrogen) atoms. The van der Waals surface area contributed by atoms with Crippen LogP contribution in [0.4, 0.5) is 8.78 Å². The van der Waals surface area contributed by atoms with Gasteiger partial charge in [-0.05, 0) is 19.9 Å². The van der Waals surface area contributed by atoms with E-state index in [0.29, 0.717) is 22.2 Å². The summed E-state index contributed by atoms with van der Waals surface area (Å²) in [6.45, 7) is 3.66. The maximum Gasteiger partial charge on any atom is 0.282 e. The minimum Gasteiger partial charge on any atom is -0.342 e. The molecule has 5 heterocycles. The number of amides is 1. The molecule has 0 spiro atoms. The number of imidazole rings is 1. The van der Waals surface area contributed by atoms with E-state index in [9.17, 15) is 13.6 Å². The normalized spacial score (nSPS) is 12.5. The van der Waals surface area contributed by atoms with Gasteiger partial charge < -0.3 is 5.32 Å². The van der Waals surface area contributed by atoms with Crippen molar-refractivity contribution in [2.45, 2.75) is 26.3 Å². The number of nitrogens with one attached hydrogen (secondary N) is 2. The number of alkyl halides is 2. The van der Waals surface area contributed by atoms with Crippen molar-refractivity contribution in [3.63, 3.8) is 0 Å². The fraction of sp³-hybridized carbons (Fsp3) is 0.211. The van der Waals surface area contributed by atoms with Crippen LogP contribution in [0.3, 0.4) is 0 Å². The molecule has 5 aromatic heterocycles. The third-order valence-electron chi connectivity index (χ3n) is 4.91.